The Morgan fingerprint density at radius 2 is 1.88 bits per heavy atom. The fourth-order valence-corrected chi connectivity index (χ4v) is 3.51. The molecule has 1 atom stereocenters. The summed E-state index contributed by atoms with van der Waals surface area (Å²) in [4.78, 5) is 17.6. The Balaban J connectivity index is 1.77. The van der Waals surface area contributed by atoms with E-state index >= 15 is 0 Å². The molecule has 1 amide bonds. The van der Waals surface area contributed by atoms with Gasteiger partial charge < -0.3 is 0 Å². The van der Waals surface area contributed by atoms with E-state index in [0.29, 0.717) is 11.7 Å². The van der Waals surface area contributed by atoms with Crippen molar-refractivity contribution >= 4 is 23.5 Å². The predicted molar refractivity (Wildman–Crippen MR) is 99.7 cm³/mol. The molecule has 5 heteroatoms. The van der Waals surface area contributed by atoms with Crippen molar-refractivity contribution in [1.29, 1.82) is 0 Å². The van der Waals surface area contributed by atoms with Crippen LogP contribution >= 0.6 is 0 Å². The van der Waals surface area contributed by atoms with Crippen LogP contribution in [0.2, 0.25) is 0 Å². The maximum absolute atomic E-state index is 13.1. The molecule has 0 N–H and O–H groups in total. The lowest BCUT2D eigenvalue weighted by molar-refractivity contribution is -0.118. The van der Waals surface area contributed by atoms with Crippen molar-refractivity contribution in [3.8, 4) is 0 Å². The molecule has 1 aromatic carbocycles. The van der Waals surface area contributed by atoms with Gasteiger partial charge in [-0.3, -0.25) is 9.79 Å². The number of aliphatic imine (C=N–C) groups is 1. The molecule has 3 rings (SSSR count). The van der Waals surface area contributed by atoms with Crippen molar-refractivity contribution < 1.29 is 9.18 Å². The van der Waals surface area contributed by atoms with Gasteiger partial charge in [-0.15, -0.1) is 0 Å². The highest BCUT2D eigenvalue weighted by molar-refractivity contribution is 6.24. The molecule has 0 saturated heterocycles. The molecule has 1 aliphatic carbocycles. The number of carbonyl (C=O) groups excluding carboxylic acids is 1. The fraction of sp³-hybridized carbons (Fsp3) is 0.550. The number of amides is 1. The standard InChI is InChI=1S/C20H26FN3O/c1-2-7-19-18(14-22-16-8-5-3-4-6-9-16)20(25)24(23-19)17-12-10-15(21)11-13-17/h10-14,16,18H,2-9H2,1H3/t18-/m0/s1. The Bertz CT molecular complexity index is 645. The first-order valence-corrected chi connectivity index (χ1v) is 9.39. The quantitative estimate of drug-likeness (QED) is 0.563. The SMILES string of the molecule is CCCC1=NN(c2ccc(F)cc2)C(=O)[C@H]1C=NC1CCCCCC1. The fourth-order valence-electron chi connectivity index (χ4n) is 3.51. The van der Waals surface area contributed by atoms with Crippen molar-refractivity contribution in [3.05, 3.63) is 30.1 Å². The minimum absolute atomic E-state index is 0.0903. The Labute approximate surface area is 148 Å². The lowest BCUT2D eigenvalue weighted by Gasteiger charge is -2.13. The lowest BCUT2D eigenvalue weighted by atomic mass is 10.0. The van der Waals surface area contributed by atoms with Crippen molar-refractivity contribution in [3.63, 3.8) is 0 Å². The van der Waals surface area contributed by atoms with Gasteiger partial charge in [-0.25, -0.2) is 4.39 Å². The van der Waals surface area contributed by atoms with Crippen LogP contribution < -0.4 is 5.01 Å². The van der Waals surface area contributed by atoms with E-state index in [4.69, 9.17) is 4.99 Å². The largest absolute Gasteiger partial charge is 0.293 e. The van der Waals surface area contributed by atoms with Crippen LogP contribution in [0.4, 0.5) is 10.1 Å². The van der Waals surface area contributed by atoms with E-state index in [1.54, 1.807) is 12.1 Å². The molecule has 0 unspecified atom stereocenters. The van der Waals surface area contributed by atoms with E-state index in [0.717, 1.165) is 31.4 Å². The van der Waals surface area contributed by atoms with E-state index in [2.05, 4.69) is 12.0 Å². The number of carbonyl (C=O) groups is 1. The molecule has 0 spiro atoms. The van der Waals surface area contributed by atoms with Gasteiger partial charge in [0.1, 0.15) is 11.7 Å². The van der Waals surface area contributed by atoms with Crippen LogP contribution in [-0.2, 0) is 4.79 Å². The third-order valence-corrected chi connectivity index (χ3v) is 4.91. The van der Waals surface area contributed by atoms with Crippen LogP contribution in [0.3, 0.4) is 0 Å². The molecule has 1 aromatic rings. The topological polar surface area (TPSA) is 45.0 Å². The third-order valence-electron chi connectivity index (χ3n) is 4.91. The van der Waals surface area contributed by atoms with E-state index in [1.165, 1.54) is 42.8 Å². The van der Waals surface area contributed by atoms with Gasteiger partial charge in [0.15, 0.2) is 0 Å². The Hall–Kier alpha value is -2.04. The van der Waals surface area contributed by atoms with Gasteiger partial charge in [-0.05, 0) is 43.5 Å². The highest BCUT2D eigenvalue weighted by Crippen LogP contribution is 2.26. The number of halogens is 1. The highest BCUT2D eigenvalue weighted by atomic mass is 19.1. The summed E-state index contributed by atoms with van der Waals surface area (Å²) in [5.41, 5.74) is 1.46. The Morgan fingerprint density at radius 1 is 1.20 bits per heavy atom. The van der Waals surface area contributed by atoms with Gasteiger partial charge in [-0.1, -0.05) is 39.0 Å². The highest BCUT2D eigenvalue weighted by Gasteiger charge is 2.35. The second-order valence-electron chi connectivity index (χ2n) is 6.89. The minimum Gasteiger partial charge on any atom is -0.293 e. The third kappa shape index (κ3) is 4.33. The summed E-state index contributed by atoms with van der Waals surface area (Å²) in [7, 11) is 0. The normalized spacial score (nSPS) is 22.5. The zero-order valence-corrected chi connectivity index (χ0v) is 14.8. The van der Waals surface area contributed by atoms with Crippen molar-refractivity contribution in [1.82, 2.24) is 0 Å². The van der Waals surface area contributed by atoms with Crippen LogP contribution in [0, 0.1) is 11.7 Å². The summed E-state index contributed by atoms with van der Waals surface area (Å²) in [6.07, 6.45) is 10.7. The van der Waals surface area contributed by atoms with Gasteiger partial charge in [0.05, 0.1) is 11.4 Å². The van der Waals surface area contributed by atoms with Crippen LogP contribution in [0.5, 0.6) is 0 Å². The average Bonchev–Trinajstić information content (AvgIpc) is 2.79. The first-order valence-electron chi connectivity index (χ1n) is 9.39. The summed E-state index contributed by atoms with van der Waals surface area (Å²) in [5, 5.41) is 5.91. The van der Waals surface area contributed by atoms with Gasteiger partial charge in [0.2, 0.25) is 0 Å². The van der Waals surface area contributed by atoms with Crippen LogP contribution in [0.1, 0.15) is 58.3 Å². The molecule has 0 radical (unpaired) electrons. The second-order valence-corrected chi connectivity index (χ2v) is 6.89. The molecular formula is C20H26FN3O. The van der Waals surface area contributed by atoms with Crippen molar-refractivity contribution in [2.45, 2.75) is 64.3 Å². The maximum Gasteiger partial charge on any atom is 0.261 e. The molecule has 4 nitrogen and oxygen atoms in total. The van der Waals surface area contributed by atoms with Crippen LogP contribution in [-0.4, -0.2) is 23.9 Å². The zero-order chi connectivity index (χ0) is 17.6. The number of rotatable bonds is 5. The minimum atomic E-state index is -0.381. The monoisotopic (exact) mass is 343 g/mol. The molecule has 134 valence electrons. The average molecular weight is 343 g/mol. The van der Waals surface area contributed by atoms with Gasteiger partial charge >= 0.3 is 0 Å². The summed E-state index contributed by atoms with van der Waals surface area (Å²) in [5.74, 6) is -0.791. The van der Waals surface area contributed by atoms with Gasteiger partial charge in [0, 0.05) is 12.3 Å². The van der Waals surface area contributed by atoms with E-state index in [-0.39, 0.29) is 17.6 Å². The maximum atomic E-state index is 13.1. The number of anilines is 1. The molecule has 0 aromatic heterocycles. The molecule has 25 heavy (non-hydrogen) atoms. The predicted octanol–water partition coefficient (Wildman–Crippen LogP) is 4.74. The molecule has 1 aliphatic heterocycles. The first-order chi connectivity index (χ1) is 12.2. The zero-order valence-electron chi connectivity index (χ0n) is 14.8. The molecule has 1 saturated carbocycles. The Morgan fingerprint density at radius 3 is 2.52 bits per heavy atom. The van der Waals surface area contributed by atoms with Gasteiger partial charge in [0.25, 0.3) is 5.91 Å². The molecule has 1 heterocycles. The van der Waals surface area contributed by atoms with Crippen LogP contribution in [0.15, 0.2) is 34.4 Å². The summed E-state index contributed by atoms with van der Waals surface area (Å²) in [6.45, 7) is 2.08. The van der Waals surface area contributed by atoms with E-state index in [9.17, 15) is 9.18 Å². The summed E-state index contributed by atoms with van der Waals surface area (Å²) in [6, 6.07) is 6.21. The molecular weight excluding hydrogens is 317 g/mol. The number of benzene rings is 1. The number of nitrogens with zero attached hydrogens (tertiary/aromatic N) is 3. The molecule has 0 bridgehead atoms. The van der Waals surface area contributed by atoms with E-state index in [1.807, 2.05) is 6.21 Å². The molecule has 2 aliphatic rings. The second kappa shape index (κ2) is 8.37. The number of hydrazone groups is 1. The number of hydrogen-bond donors (Lipinski definition) is 0. The van der Waals surface area contributed by atoms with E-state index < -0.39 is 0 Å². The Kier molecular flexibility index (Phi) is 5.95. The first kappa shape index (κ1) is 17.8. The number of hydrogen-bond acceptors (Lipinski definition) is 3. The van der Waals surface area contributed by atoms with Crippen LogP contribution in [0.25, 0.3) is 0 Å². The summed E-state index contributed by atoms with van der Waals surface area (Å²) >= 11 is 0. The summed E-state index contributed by atoms with van der Waals surface area (Å²) < 4.78 is 13.1. The van der Waals surface area contributed by atoms with Crippen molar-refractivity contribution in [2.24, 2.45) is 16.0 Å². The smallest absolute Gasteiger partial charge is 0.261 e. The lowest BCUT2D eigenvalue weighted by Crippen LogP contribution is -2.29. The van der Waals surface area contributed by atoms with Crippen molar-refractivity contribution in [2.75, 3.05) is 5.01 Å². The molecule has 1 fully saturated rings. The van der Waals surface area contributed by atoms with Gasteiger partial charge in [-0.2, -0.15) is 10.1 Å².